The summed E-state index contributed by atoms with van der Waals surface area (Å²) in [7, 11) is 1.48. The minimum absolute atomic E-state index is 0.0427. The van der Waals surface area contributed by atoms with Crippen LogP contribution in [-0.4, -0.2) is 18.0 Å². The van der Waals surface area contributed by atoms with E-state index in [2.05, 4.69) is 22.9 Å². The molecule has 114 valence electrons. The van der Waals surface area contributed by atoms with Crippen molar-refractivity contribution in [3.63, 3.8) is 0 Å². The summed E-state index contributed by atoms with van der Waals surface area (Å²) in [5.41, 5.74) is 2.62. The number of ether oxygens (including phenoxy) is 1. The molecule has 0 atom stereocenters. The lowest BCUT2D eigenvalue weighted by molar-refractivity contribution is 0.104. The zero-order valence-electron chi connectivity index (χ0n) is 12.5. The Morgan fingerprint density at radius 2 is 1.95 bits per heavy atom. The standard InChI is InChI=1S/C18H17BrO3/c1-3-12-4-7-14(8-5-12)16(20)9-6-13-10-15(19)18(21)17(11-13)22-2/h4-11,21H,3H2,1-2H3/b9-6+. The van der Waals surface area contributed by atoms with Gasteiger partial charge in [0.05, 0.1) is 11.6 Å². The van der Waals surface area contributed by atoms with Crippen molar-refractivity contribution in [1.29, 1.82) is 0 Å². The second kappa shape index (κ2) is 7.27. The Hall–Kier alpha value is -2.07. The molecular weight excluding hydrogens is 344 g/mol. The summed E-state index contributed by atoms with van der Waals surface area (Å²) in [5.74, 6) is 0.334. The molecule has 0 unspecified atom stereocenters. The quantitative estimate of drug-likeness (QED) is 0.624. The van der Waals surface area contributed by atoms with Gasteiger partial charge in [-0.2, -0.15) is 0 Å². The molecule has 0 heterocycles. The number of hydrogen-bond acceptors (Lipinski definition) is 3. The second-order valence-corrected chi connectivity index (χ2v) is 5.66. The van der Waals surface area contributed by atoms with Crippen LogP contribution >= 0.6 is 15.9 Å². The first kappa shape index (κ1) is 16.3. The van der Waals surface area contributed by atoms with Gasteiger partial charge in [-0.15, -0.1) is 0 Å². The highest BCUT2D eigenvalue weighted by molar-refractivity contribution is 9.10. The molecule has 0 amide bonds. The summed E-state index contributed by atoms with van der Waals surface area (Å²) in [6, 6.07) is 11.0. The maximum atomic E-state index is 12.1. The minimum Gasteiger partial charge on any atom is -0.503 e. The van der Waals surface area contributed by atoms with E-state index < -0.39 is 0 Å². The number of halogens is 1. The fraction of sp³-hybridized carbons (Fsp3) is 0.167. The summed E-state index contributed by atoms with van der Waals surface area (Å²) in [4.78, 5) is 12.1. The summed E-state index contributed by atoms with van der Waals surface area (Å²) in [6.07, 6.45) is 4.16. The number of methoxy groups -OCH3 is 1. The predicted molar refractivity (Wildman–Crippen MR) is 91.5 cm³/mol. The lowest BCUT2D eigenvalue weighted by Crippen LogP contribution is -1.94. The zero-order chi connectivity index (χ0) is 16.1. The normalized spacial score (nSPS) is 10.9. The molecule has 0 saturated carbocycles. The van der Waals surface area contributed by atoms with Gasteiger partial charge in [0.25, 0.3) is 0 Å². The third-order valence-corrected chi connectivity index (χ3v) is 3.95. The van der Waals surface area contributed by atoms with Crippen LogP contribution in [0.4, 0.5) is 0 Å². The van der Waals surface area contributed by atoms with Crippen LogP contribution in [0.15, 0.2) is 46.9 Å². The number of allylic oxidation sites excluding steroid dienone is 1. The Morgan fingerprint density at radius 1 is 1.27 bits per heavy atom. The van der Waals surface area contributed by atoms with Crippen LogP contribution < -0.4 is 4.74 Å². The van der Waals surface area contributed by atoms with Gasteiger partial charge in [-0.3, -0.25) is 4.79 Å². The molecule has 3 nitrogen and oxygen atoms in total. The van der Waals surface area contributed by atoms with Gasteiger partial charge < -0.3 is 9.84 Å². The topological polar surface area (TPSA) is 46.5 Å². The van der Waals surface area contributed by atoms with E-state index in [1.165, 1.54) is 18.7 Å². The van der Waals surface area contributed by atoms with Gasteiger partial charge in [0, 0.05) is 5.56 Å². The Morgan fingerprint density at radius 3 is 2.55 bits per heavy atom. The second-order valence-electron chi connectivity index (χ2n) is 4.80. The number of phenolic OH excluding ortho intramolecular Hbond substituents is 1. The fourth-order valence-corrected chi connectivity index (χ4v) is 2.48. The zero-order valence-corrected chi connectivity index (χ0v) is 14.1. The summed E-state index contributed by atoms with van der Waals surface area (Å²) < 4.78 is 5.60. The van der Waals surface area contributed by atoms with Crippen molar-refractivity contribution >= 4 is 27.8 Å². The summed E-state index contributed by atoms with van der Waals surface area (Å²) >= 11 is 3.26. The van der Waals surface area contributed by atoms with Gasteiger partial charge in [-0.1, -0.05) is 37.3 Å². The lowest BCUT2D eigenvalue weighted by Gasteiger charge is -2.06. The maximum absolute atomic E-state index is 12.1. The van der Waals surface area contributed by atoms with E-state index in [9.17, 15) is 9.90 Å². The highest BCUT2D eigenvalue weighted by Gasteiger charge is 2.08. The van der Waals surface area contributed by atoms with Crippen molar-refractivity contribution in [2.75, 3.05) is 7.11 Å². The molecule has 2 aromatic carbocycles. The summed E-state index contributed by atoms with van der Waals surface area (Å²) in [6.45, 7) is 2.08. The van der Waals surface area contributed by atoms with Crippen molar-refractivity contribution in [3.8, 4) is 11.5 Å². The first-order valence-electron chi connectivity index (χ1n) is 6.93. The molecule has 4 heteroatoms. The van der Waals surface area contributed by atoms with Crippen LogP contribution in [-0.2, 0) is 6.42 Å². The van der Waals surface area contributed by atoms with Gasteiger partial charge in [0.1, 0.15) is 0 Å². The van der Waals surface area contributed by atoms with Crippen LogP contribution in [0.5, 0.6) is 11.5 Å². The van der Waals surface area contributed by atoms with E-state index >= 15 is 0 Å². The van der Waals surface area contributed by atoms with Crippen LogP contribution in [0.2, 0.25) is 0 Å². The molecule has 2 rings (SSSR count). The van der Waals surface area contributed by atoms with Crippen LogP contribution in [0.3, 0.4) is 0 Å². The third kappa shape index (κ3) is 3.77. The number of carbonyl (C=O) groups excluding carboxylic acids is 1. The molecule has 0 aliphatic heterocycles. The van der Waals surface area contributed by atoms with E-state index in [4.69, 9.17) is 4.74 Å². The number of ketones is 1. The minimum atomic E-state index is -0.0641. The van der Waals surface area contributed by atoms with Crippen molar-refractivity contribution in [2.24, 2.45) is 0 Å². The predicted octanol–water partition coefficient (Wildman–Crippen LogP) is 4.62. The third-order valence-electron chi connectivity index (χ3n) is 3.34. The van der Waals surface area contributed by atoms with Gasteiger partial charge in [-0.05, 0) is 51.7 Å². The van der Waals surface area contributed by atoms with E-state index in [1.54, 1.807) is 18.2 Å². The summed E-state index contributed by atoms with van der Waals surface area (Å²) in [5, 5.41) is 9.76. The number of hydrogen-bond donors (Lipinski definition) is 1. The van der Waals surface area contributed by atoms with Crippen molar-refractivity contribution in [3.05, 3.63) is 63.6 Å². The van der Waals surface area contributed by atoms with E-state index in [-0.39, 0.29) is 11.5 Å². The number of rotatable bonds is 5. The molecule has 0 aromatic heterocycles. The van der Waals surface area contributed by atoms with Gasteiger partial charge in [-0.25, -0.2) is 0 Å². The number of aryl methyl sites for hydroxylation is 1. The maximum Gasteiger partial charge on any atom is 0.185 e. The molecule has 0 radical (unpaired) electrons. The molecule has 2 aromatic rings. The first-order chi connectivity index (χ1) is 10.5. The average Bonchev–Trinajstić information content (AvgIpc) is 2.55. The lowest BCUT2D eigenvalue weighted by atomic mass is 10.1. The average molecular weight is 361 g/mol. The van der Waals surface area contributed by atoms with Gasteiger partial charge in [0.15, 0.2) is 17.3 Å². The molecule has 22 heavy (non-hydrogen) atoms. The largest absolute Gasteiger partial charge is 0.503 e. The molecular formula is C18H17BrO3. The number of benzene rings is 2. The molecule has 0 fully saturated rings. The molecule has 0 aliphatic rings. The number of phenols is 1. The van der Waals surface area contributed by atoms with Gasteiger partial charge in [0.2, 0.25) is 0 Å². The van der Waals surface area contributed by atoms with E-state index in [1.807, 2.05) is 24.3 Å². The highest BCUT2D eigenvalue weighted by Crippen LogP contribution is 2.35. The highest BCUT2D eigenvalue weighted by atomic mass is 79.9. The van der Waals surface area contributed by atoms with E-state index in [0.29, 0.717) is 15.8 Å². The fourth-order valence-electron chi connectivity index (χ4n) is 2.02. The molecule has 0 spiro atoms. The van der Waals surface area contributed by atoms with Crippen LogP contribution in [0, 0.1) is 0 Å². The number of carbonyl (C=O) groups is 1. The van der Waals surface area contributed by atoms with Crippen molar-refractivity contribution < 1.29 is 14.6 Å². The Labute approximate surface area is 138 Å². The van der Waals surface area contributed by atoms with E-state index in [0.717, 1.165) is 12.0 Å². The van der Waals surface area contributed by atoms with Crippen LogP contribution in [0.1, 0.15) is 28.4 Å². The monoisotopic (exact) mass is 360 g/mol. The van der Waals surface area contributed by atoms with Crippen molar-refractivity contribution in [1.82, 2.24) is 0 Å². The smallest absolute Gasteiger partial charge is 0.185 e. The van der Waals surface area contributed by atoms with Crippen LogP contribution in [0.25, 0.3) is 6.08 Å². The molecule has 0 bridgehead atoms. The first-order valence-corrected chi connectivity index (χ1v) is 7.72. The molecule has 1 N–H and O–H groups in total. The number of aromatic hydroxyl groups is 1. The molecule has 0 saturated heterocycles. The Kier molecular flexibility index (Phi) is 5.39. The van der Waals surface area contributed by atoms with Crippen molar-refractivity contribution in [2.45, 2.75) is 13.3 Å². The Bertz CT molecular complexity index is 703. The molecule has 0 aliphatic carbocycles. The SMILES string of the molecule is CCc1ccc(C(=O)/C=C/c2cc(Br)c(O)c(OC)c2)cc1. The van der Waals surface area contributed by atoms with Gasteiger partial charge >= 0.3 is 0 Å². The Balaban J connectivity index is 2.20.